The van der Waals surface area contributed by atoms with Crippen molar-refractivity contribution in [2.75, 3.05) is 19.8 Å². The standard InChI is InChI=1S/C50H78NO11P/c1-3-5-7-9-11-12-13-14-15-16-17-18-19-20-21-26-29-33-37-41-49(54)62-46(43-60-63(57,58)61-44-47(51)50(55)56)42-59-48(53)40-36-32-28-25-23-22-24-27-31-35-39-45(52)38-34-30-10-8-6-4-2/h6,8,11-12,14-15,17-18,20-23,27-28,30-32,34-35,39,45-47,52H,3-5,7,9-10,13,16,19,24-26,29,33,36-38,40-44,51H2,1-2H3,(H,55,56)(H,57,58)/b8-6-,12-11-,15-14-,18-17-,21-20-,23-22-,31-27-,32-28-,34-30-,39-35+/t45?,46-,47+/m1/s1. The number of ether oxygens (including phenoxy) is 2. The molecule has 0 rings (SSSR count). The summed E-state index contributed by atoms with van der Waals surface area (Å²) in [6.07, 6.45) is 54.4. The van der Waals surface area contributed by atoms with Crippen molar-refractivity contribution >= 4 is 25.7 Å². The van der Waals surface area contributed by atoms with Gasteiger partial charge in [0.05, 0.1) is 19.3 Å². The number of phosphoric ester groups is 1. The van der Waals surface area contributed by atoms with E-state index < -0.39 is 63.8 Å². The van der Waals surface area contributed by atoms with E-state index in [9.17, 15) is 28.9 Å². The Morgan fingerprint density at radius 2 is 1.11 bits per heavy atom. The van der Waals surface area contributed by atoms with Crippen LogP contribution in [0.15, 0.2) is 122 Å². The summed E-state index contributed by atoms with van der Waals surface area (Å²) in [5.74, 6) is -2.58. The molecule has 0 radical (unpaired) electrons. The number of hydrogen-bond acceptors (Lipinski definition) is 10. The van der Waals surface area contributed by atoms with E-state index in [1.807, 2.05) is 54.7 Å². The van der Waals surface area contributed by atoms with Crippen molar-refractivity contribution < 1.29 is 52.6 Å². The van der Waals surface area contributed by atoms with Crippen molar-refractivity contribution in [1.29, 1.82) is 0 Å². The molecule has 0 aliphatic heterocycles. The summed E-state index contributed by atoms with van der Waals surface area (Å²) >= 11 is 0. The number of phosphoric acid groups is 1. The van der Waals surface area contributed by atoms with E-state index in [1.165, 1.54) is 19.3 Å². The minimum absolute atomic E-state index is 0.0580. The fourth-order valence-electron chi connectivity index (χ4n) is 5.21. The van der Waals surface area contributed by atoms with E-state index in [4.69, 9.17) is 24.8 Å². The maximum absolute atomic E-state index is 12.6. The van der Waals surface area contributed by atoms with Crippen LogP contribution in [0.4, 0.5) is 0 Å². The lowest BCUT2D eigenvalue weighted by atomic mass is 10.1. The van der Waals surface area contributed by atoms with Crippen LogP contribution in [0.2, 0.25) is 0 Å². The second kappa shape index (κ2) is 43.1. The van der Waals surface area contributed by atoms with Gasteiger partial charge >= 0.3 is 25.7 Å². The number of unbranched alkanes of at least 4 members (excludes halogenated alkanes) is 6. The molecule has 0 saturated heterocycles. The lowest BCUT2D eigenvalue weighted by Gasteiger charge is -2.20. The number of aliphatic hydroxyl groups is 1. The van der Waals surface area contributed by atoms with Crippen molar-refractivity contribution in [2.24, 2.45) is 5.73 Å². The van der Waals surface area contributed by atoms with Gasteiger partial charge in [0.1, 0.15) is 12.6 Å². The summed E-state index contributed by atoms with van der Waals surface area (Å²) in [5, 5.41) is 18.9. The van der Waals surface area contributed by atoms with Crippen molar-refractivity contribution in [1.82, 2.24) is 0 Å². The summed E-state index contributed by atoms with van der Waals surface area (Å²) in [5.41, 5.74) is 5.33. The predicted molar refractivity (Wildman–Crippen MR) is 255 cm³/mol. The summed E-state index contributed by atoms with van der Waals surface area (Å²) in [6.45, 7) is 2.45. The Labute approximate surface area is 378 Å². The smallest absolute Gasteiger partial charge is 0.472 e. The Bertz CT molecular complexity index is 1540. The second-order valence-electron chi connectivity index (χ2n) is 14.6. The molecule has 13 heteroatoms. The number of aliphatic carboxylic acids is 1. The number of esters is 2. The molecule has 0 aliphatic carbocycles. The van der Waals surface area contributed by atoms with Gasteiger partial charge in [0.25, 0.3) is 0 Å². The first kappa shape index (κ1) is 58.8. The molecule has 0 bridgehead atoms. The quantitative estimate of drug-likeness (QED) is 0.0150. The van der Waals surface area contributed by atoms with E-state index >= 15 is 0 Å². The zero-order valence-electron chi connectivity index (χ0n) is 38.0. The lowest BCUT2D eigenvalue weighted by molar-refractivity contribution is -0.161. The highest BCUT2D eigenvalue weighted by Gasteiger charge is 2.28. The van der Waals surface area contributed by atoms with Crippen LogP contribution in [0.25, 0.3) is 0 Å². The molecule has 0 fully saturated rings. The Balaban J connectivity index is 4.61. The molecule has 354 valence electrons. The number of carbonyl (C=O) groups is 3. The van der Waals surface area contributed by atoms with Crippen molar-refractivity contribution in [2.45, 2.75) is 154 Å². The van der Waals surface area contributed by atoms with E-state index in [2.05, 4.69) is 79.1 Å². The first-order valence-electron chi connectivity index (χ1n) is 22.7. The summed E-state index contributed by atoms with van der Waals surface area (Å²) in [6, 6.07) is -1.55. The van der Waals surface area contributed by atoms with Crippen LogP contribution in [-0.2, 0) is 37.5 Å². The summed E-state index contributed by atoms with van der Waals surface area (Å²) in [4.78, 5) is 46.0. The van der Waals surface area contributed by atoms with Gasteiger partial charge in [-0.25, -0.2) is 4.57 Å². The molecule has 0 aromatic rings. The highest BCUT2D eigenvalue weighted by Crippen LogP contribution is 2.43. The van der Waals surface area contributed by atoms with Gasteiger partial charge in [0, 0.05) is 12.8 Å². The zero-order chi connectivity index (χ0) is 46.5. The molecular weight excluding hydrogens is 822 g/mol. The predicted octanol–water partition coefficient (Wildman–Crippen LogP) is 11.4. The number of carboxylic acids is 1. The van der Waals surface area contributed by atoms with Crippen molar-refractivity contribution in [3.05, 3.63) is 122 Å². The van der Waals surface area contributed by atoms with Crippen LogP contribution in [0, 0.1) is 0 Å². The molecule has 0 aromatic heterocycles. The largest absolute Gasteiger partial charge is 0.480 e. The van der Waals surface area contributed by atoms with Gasteiger partial charge in [-0.05, 0) is 89.9 Å². The number of carbonyl (C=O) groups excluding carboxylic acids is 2. The number of rotatable bonds is 40. The first-order chi connectivity index (χ1) is 30.5. The zero-order valence-corrected chi connectivity index (χ0v) is 38.9. The van der Waals surface area contributed by atoms with Crippen LogP contribution in [0.1, 0.15) is 136 Å². The van der Waals surface area contributed by atoms with Gasteiger partial charge in [-0.1, -0.05) is 155 Å². The van der Waals surface area contributed by atoms with Gasteiger partial charge in [-0.15, -0.1) is 0 Å². The Hall–Kier alpha value is -4.16. The molecule has 0 aromatic carbocycles. The number of nitrogens with two attached hydrogens (primary N) is 1. The third-order valence-electron chi connectivity index (χ3n) is 8.79. The minimum atomic E-state index is -4.77. The Morgan fingerprint density at radius 3 is 1.70 bits per heavy atom. The SMILES string of the molecule is CC/C=C\C/C=C\CC(O)/C=C/C=C\C/C=C\C/C=C\CCC(=O)OC[C@H](COP(=O)(O)OC[C@H](N)C(=O)O)OC(=O)CCCCC/C=C\C/C=C\C/C=C\C/C=C\CCCCC. The molecule has 0 aliphatic rings. The minimum Gasteiger partial charge on any atom is -0.480 e. The molecule has 12 nitrogen and oxygen atoms in total. The Morgan fingerprint density at radius 1 is 0.587 bits per heavy atom. The van der Waals surface area contributed by atoms with E-state index in [0.717, 1.165) is 64.2 Å². The topological polar surface area (TPSA) is 192 Å². The fourth-order valence-corrected chi connectivity index (χ4v) is 5.99. The molecule has 0 spiro atoms. The third-order valence-corrected chi connectivity index (χ3v) is 9.74. The maximum Gasteiger partial charge on any atom is 0.472 e. The van der Waals surface area contributed by atoms with Gasteiger partial charge in [0.2, 0.25) is 0 Å². The van der Waals surface area contributed by atoms with Crippen LogP contribution in [0.3, 0.4) is 0 Å². The Kier molecular flexibility index (Phi) is 40.3. The van der Waals surface area contributed by atoms with Gasteiger partial charge in [0.15, 0.2) is 6.10 Å². The average molecular weight is 900 g/mol. The van der Waals surface area contributed by atoms with Gasteiger partial charge in [-0.2, -0.15) is 0 Å². The lowest BCUT2D eigenvalue weighted by Crippen LogP contribution is -2.34. The van der Waals surface area contributed by atoms with Gasteiger partial charge in [-0.3, -0.25) is 23.4 Å². The number of aliphatic hydroxyl groups excluding tert-OH is 1. The van der Waals surface area contributed by atoms with E-state index in [0.29, 0.717) is 25.7 Å². The monoisotopic (exact) mass is 900 g/mol. The maximum atomic E-state index is 12.6. The molecule has 5 N–H and O–H groups in total. The number of allylic oxidation sites excluding steroid dienone is 18. The van der Waals surface area contributed by atoms with E-state index in [-0.39, 0.29) is 12.8 Å². The van der Waals surface area contributed by atoms with Crippen LogP contribution >= 0.6 is 7.82 Å². The molecule has 63 heavy (non-hydrogen) atoms. The summed E-state index contributed by atoms with van der Waals surface area (Å²) < 4.78 is 32.6. The van der Waals surface area contributed by atoms with Gasteiger partial charge < -0.3 is 30.3 Å². The van der Waals surface area contributed by atoms with Crippen molar-refractivity contribution in [3.63, 3.8) is 0 Å². The molecule has 4 atom stereocenters. The van der Waals surface area contributed by atoms with E-state index in [1.54, 1.807) is 6.08 Å². The molecule has 0 heterocycles. The summed E-state index contributed by atoms with van der Waals surface area (Å²) in [7, 11) is -4.77. The molecule has 0 saturated carbocycles. The highest BCUT2D eigenvalue weighted by molar-refractivity contribution is 7.47. The van der Waals surface area contributed by atoms with Crippen molar-refractivity contribution in [3.8, 4) is 0 Å². The van der Waals surface area contributed by atoms with Crippen LogP contribution < -0.4 is 5.73 Å². The molecule has 0 amide bonds. The second-order valence-corrected chi connectivity index (χ2v) is 16.1. The third kappa shape index (κ3) is 42.9. The highest BCUT2D eigenvalue weighted by atomic mass is 31.2. The fraction of sp³-hybridized carbons (Fsp3) is 0.540. The molecular formula is C50H78NO11P. The van der Waals surface area contributed by atoms with Crippen LogP contribution in [-0.4, -0.2) is 71.1 Å². The molecule has 2 unspecified atom stereocenters. The first-order valence-corrected chi connectivity index (χ1v) is 24.2. The number of hydrogen-bond donors (Lipinski definition) is 4. The normalized spacial score (nSPS) is 15.3. The number of carboxylic acid groups (broad SMARTS) is 1. The van der Waals surface area contributed by atoms with Crippen LogP contribution in [0.5, 0.6) is 0 Å². The average Bonchev–Trinajstić information content (AvgIpc) is 3.26.